The van der Waals surface area contributed by atoms with Crippen molar-refractivity contribution in [2.45, 2.75) is 44.6 Å². The van der Waals surface area contributed by atoms with Crippen LogP contribution in [0.4, 0.5) is 0 Å². The van der Waals surface area contributed by atoms with Crippen molar-refractivity contribution in [3.63, 3.8) is 0 Å². The molecular weight excluding hydrogens is 234 g/mol. The van der Waals surface area contributed by atoms with E-state index >= 15 is 0 Å². The molecule has 3 nitrogen and oxygen atoms in total. The van der Waals surface area contributed by atoms with Gasteiger partial charge in [0.15, 0.2) is 0 Å². The second-order valence-electron chi connectivity index (χ2n) is 5.40. The van der Waals surface area contributed by atoms with Gasteiger partial charge in [-0.2, -0.15) is 0 Å². The second-order valence-corrected chi connectivity index (χ2v) is 7.08. The SMILES string of the molecule is CC(C)CC(C)(C)NS(=O)(=O)c1ccccc1. The number of hydrogen-bond acceptors (Lipinski definition) is 2. The molecule has 17 heavy (non-hydrogen) atoms. The topological polar surface area (TPSA) is 46.2 Å². The van der Waals surface area contributed by atoms with Crippen LogP contribution in [-0.4, -0.2) is 14.0 Å². The maximum atomic E-state index is 12.1. The van der Waals surface area contributed by atoms with Crippen molar-refractivity contribution < 1.29 is 8.42 Å². The zero-order chi connectivity index (χ0) is 13.1. The highest BCUT2D eigenvalue weighted by Gasteiger charge is 2.26. The van der Waals surface area contributed by atoms with Gasteiger partial charge in [0.2, 0.25) is 10.0 Å². The van der Waals surface area contributed by atoms with Crippen molar-refractivity contribution in [1.29, 1.82) is 0 Å². The summed E-state index contributed by atoms with van der Waals surface area (Å²) in [5, 5.41) is 0. The van der Waals surface area contributed by atoms with Gasteiger partial charge in [-0.15, -0.1) is 0 Å². The molecular formula is C13H21NO2S. The number of sulfonamides is 1. The fourth-order valence-corrected chi connectivity index (χ4v) is 3.53. The predicted octanol–water partition coefficient (Wildman–Crippen LogP) is 2.79. The number of hydrogen-bond donors (Lipinski definition) is 1. The fourth-order valence-electron chi connectivity index (χ4n) is 2.08. The molecule has 1 aromatic carbocycles. The Kier molecular flexibility index (Phi) is 4.33. The van der Waals surface area contributed by atoms with E-state index in [1.54, 1.807) is 30.3 Å². The van der Waals surface area contributed by atoms with E-state index in [9.17, 15) is 8.42 Å². The van der Waals surface area contributed by atoms with Crippen molar-refractivity contribution >= 4 is 10.0 Å². The van der Waals surface area contributed by atoms with Gasteiger partial charge in [-0.05, 0) is 38.3 Å². The third-order valence-electron chi connectivity index (χ3n) is 2.38. The molecule has 0 aliphatic heterocycles. The highest BCUT2D eigenvalue weighted by molar-refractivity contribution is 7.89. The van der Waals surface area contributed by atoms with E-state index in [2.05, 4.69) is 18.6 Å². The Balaban J connectivity index is 2.88. The van der Waals surface area contributed by atoms with Crippen molar-refractivity contribution in [3.05, 3.63) is 30.3 Å². The molecule has 0 amide bonds. The molecule has 0 bridgehead atoms. The van der Waals surface area contributed by atoms with Crippen LogP contribution in [0.3, 0.4) is 0 Å². The Labute approximate surface area is 104 Å². The van der Waals surface area contributed by atoms with Crippen molar-refractivity contribution in [3.8, 4) is 0 Å². The Morgan fingerprint density at radius 3 is 2.18 bits per heavy atom. The molecule has 0 atom stereocenters. The molecule has 0 spiro atoms. The molecule has 0 aliphatic rings. The molecule has 1 N–H and O–H groups in total. The largest absolute Gasteiger partial charge is 0.241 e. The Bertz CT molecular complexity index is 450. The zero-order valence-electron chi connectivity index (χ0n) is 10.9. The van der Waals surface area contributed by atoms with Crippen LogP contribution >= 0.6 is 0 Å². The molecule has 0 fully saturated rings. The lowest BCUT2D eigenvalue weighted by atomic mass is 9.94. The highest BCUT2D eigenvalue weighted by Crippen LogP contribution is 2.19. The maximum Gasteiger partial charge on any atom is 0.241 e. The summed E-state index contributed by atoms with van der Waals surface area (Å²) in [5.74, 6) is 0.448. The van der Waals surface area contributed by atoms with Crippen LogP contribution < -0.4 is 4.72 Å². The minimum absolute atomic E-state index is 0.317. The lowest BCUT2D eigenvalue weighted by Gasteiger charge is -2.27. The highest BCUT2D eigenvalue weighted by atomic mass is 32.2. The fraction of sp³-hybridized carbons (Fsp3) is 0.538. The van der Waals surface area contributed by atoms with E-state index in [1.165, 1.54) is 0 Å². The molecule has 4 heteroatoms. The first-order valence-electron chi connectivity index (χ1n) is 5.82. The lowest BCUT2D eigenvalue weighted by Crippen LogP contribution is -2.44. The van der Waals surface area contributed by atoms with Crippen LogP contribution in [0.2, 0.25) is 0 Å². The molecule has 96 valence electrons. The van der Waals surface area contributed by atoms with Gasteiger partial charge in [0.05, 0.1) is 4.90 Å². The predicted molar refractivity (Wildman–Crippen MR) is 70.3 cm³/mol. The van der Waals surface area contributed by atoms with Crippen LogP contribution in [0.5, 0.6) is 0 Å². The quantitative estimate of drug-likeness (QED) is 0.879. The van der Waals surface area contributed by atoms with Crippen molar-refractivity contribution in [2.24, 2.45) is 5.92 Å². The van der Waals surface area contributed by atoms with E-state index in [4.69, 9.17) is 0 Å². The molecule has 1 aromatic rings. The van der Waals surface area contributed by atoms with Crippen molar-refractivity contribution in [1.82, 2.24) is 4.72 Å². The van der Waals surface area contributed by atoms with Gasteiger partial charge in [-0.3, -0.25) is 0 Å². The third kappa shape index (κ3) is 4.48. The van der Waals surface area contributed by atoms with Gasteiger partial charge in [0.1, 0.15) is 0 Å². The molecule has 0 radical (unpaired) electrons. The summed E-state index contributed by atoms with van der Waals surface area (Å²) >= 11 is 0. The number of nitrogens with one attached hydrogen (secondary N) is 1. The summed E-state index contributed by atoms with van der Waals surface area (Å²) < 4.78 is 27.0. The summed E-state index contributed by atoms with van der Waals surface area (Å²) in [4.78, 5) is 0.317. The number of rotatable bonds is 5. The van der Waals surface area contributed by atoms with Gasteiger partial charge in [0, 0.05) is 5.54 Å². The standard InChI is InChI=1S/C13H21NO2S/c1-11(2)10-13(3,4)14-17(15,16)12-8-6-5-7-9-12/h5-9,11,14H,10H2,1-4H3. The molecule has 1 rings (SSSR count). The minimum atomic E-state index is -3.41. The summed E-state index contributed by atoms with van der Waals surface area (Å²) in [6.45, 7) is 7.98. The first kappa shape index (κ1) is 14.2. The minimum Gasteiger partial charge on any atom is -0.207 e. The van der Waals surface area contributed by atoms with E-state index in [0.29, 0.717) is 10.8 Å². The maximum absolute atomic E-state index is 12.1. The molecule has 0 saturated carbocycles. The smallest absolute Gasteiger partial charge is 0.207 e. The van der Waals surface area contributed by atoms with Gasteiger partial charge in [-0.1, -0.05) is 32.0 Å². The van der Waals surface area contributed by atoms with Crippen LogP contribution in [0.25, 0.3) is 0 Å². The first-order valence-corrected chi connectivity index (χ1v) is 7.30. The average Bonchev–Trinajstić information content (AvgIpc) is 2.15. The number of benzene rings is 1. The van der Waals surface area contributed by atoms with Gasteiger partial charge >= 0.3 is 0 Å². The summed E-state index contributed by atoms with van der Waals surface area (Å²) in [7, 11) is -3.41. The van der Waals surface area contributed by atoms with E-state index in [-0.39, 0.29) is 0 Å². The van der Waals surface area contributed by atoms with Gasteiger partial charge < -0.3 is 0 Å². The third-order valence-corrected chi connectivity index (χ3v) is 4.10. The Hall–Kier alpha value is -0.870. The second kappa shape index (κ2) is 5.19. The van der Waals surface area contributed by atoms with Gasteiger partial charge in [-0.25, -0.2) is 13.1 Å². The summed E-state index contributed by atoms with van der Waals surface area (Å²) in [6, 6.07) is 8.47. The monoisotopic (exact) mass is 255 g/mol. The lowest BCUT2D eigenvalue weighted by molar-refractivity contribution is 0.365. The van der Waals surface area contributed by atoms with Gasteiger partial charge in [0.25, 0.3) is 0 Å². The Morgan fingerprint density at radius 2 is 1.71 bits per heavy atom. The van der Waals surface area contributed by atoms with Crippen molar-refractivity contribution in [2.75, 3.05) is 0 Å². The first-order chi connectivity index (χ1) is 7.73. The normalized spacial score (nSPS) is 13.0. The molecule has 0 saturated heterocycles. The molecule has 0 unspecified atom stereocenters. The summed E-state index contributed by atoms with van der Waals surface area (Å²) in [5.41, 5.74) is -0.428. The van der Waals surface area contributed by atoms with Crippen LogP contribution in [0, 0.1) is 5.92 Å². The van der Waals surface area contributed by atoms with E-state index in [1.807, 2.05) is 13.8 Å². The van der Waals surface area contributed by atoms with Crippen LogP contribution in [-0.2, 0) is 10.0 Å². The van der Waals surface area contributed by atoms with E-state index < -0.39 is 15.6 Å². The Morgan fingerprint density at radius 1 is 1.18 bits per heavy atom. The molecule has 0 aromatic heterocycles. The van der Waals surface area contributed by atoms with Crippen LogP contribution in [0.1, 0.15) is 34.1 Å². The van der Waals surface area contributed by atoms with E-state index in [0.717, 1.165) is 6.42 Å². The molecule has 0 heterocycles. The summed E-state index contributed by atoms with van der Waals surface area (Å²) in [6.07, 6.45) is 0.805. The average molecular weight is 255 g/mol. The zero-order valence-corrected chi connectivity index (χ0v) is 11.7. The van der Waals surface area contributed by atoms with Crippen LogP contribution in [0.15, 0.2) is 35.2 Å². The molecule has 0 aliphatic carbocycles.